The van der Waals surface area contributed by atoms with Gasteiger partial charge < -0.3 is 10.8 Å². The van der Waals surface area contributed by atoms with Crippen molar-refractivity contribution in [3.05, 3.63) is 23.3 Å². The van der Waals surface area contributed by atoms with Crippen molar-refractivity contribution in [2.75, 3.05) is 5.73 Å². The first-order valence-corrected chi connectivity index (χ1v) is 6.66. The van der Waals surface area contributed by atoms with Crippen LogP contribution in [-0.2, 0) is 0 Å². The van der Waals surface area contributed by atoms with E-state index in [0.717, 1.165) is 29.2 Å². The molecule has 1 aliphatic carbocycles. The van der Waals surface area contributed by atoms with Crippen LogP contribution in [0.4, 0.5) is 5.69 Å². The third kappa shape index (κ3) is 2.41. The fourth-order valence-corrected chi connectivity index (χ4v) is 2.50. The zero-order valence-corrected chi connectivity index (χ0v) is 11.0. The molecule has 3 N–H and O–H groups in total. The Morgan fingerprint density at radius 1 is 1.29 bits per heavy atom. The summed E-state index contributed by atoms with van der Waals surface area (Å²) in [5.74, 6) is 2.02. The third-order valence-electron chi connectivity index (χ3n) is 4.15. The molecule has 2 atom stereocenters. The summed E-state index contributed by atoms with van der Waals surface area (Å²) in [5, 5.41) is 10.4. The maximum Gasteiger partial charge on any atom is 0.122 e. The minimum Gasteiger partial charge on any atom is -0.507 e. The molecule has 1 fully saturated rings. The van der Waals surface area contributed by atoms with E-state index >= 15 is 0 Å². The van der Waals surface area contributed by atoms with E-state index in [4.69, 9.17) is 5.73 Å². The van der Waals surface area contributed by atoms with Crippen LogP contribution < -0.4 is 5.73 Å². The van der Waals surface area contributed by atoms with Gasteiger partial charge in [-0.1, -0.05) is 20.8 Å². The van der Waals surface area contributed by atoms with Crippen molar-refractivity contribution >= 4 is 5.69 Å². The second-order valence-electron chi connectivity index (χ2n) is 5.48. The van der Waals surface area contributed by atoms with Gasteiger partial charge in [0.05, 0.1) is 0 Å². The summed E-state index contributed by atoms with van der Waals surface area (Å²) in [5.41, 5.74) is 8.80. The van der Waals surface area contributed by atoms with Gasteiger partial charge in [0.1, 0.15) is 5.75 Å². The molecule has 1 aromatic rings. The van der Waals surface area contributed by atoms with E-state index in [9.17, 15) is 5.11 Å². The van der Waals surface area contributed by atoms with Crippen LogP contribution in [0.15, 0.2) is 12.1 Å². The summed E-state index contributed by atoms with van der Waals surface area (Å²) in [6.45, 7) is 6.48. The molecule has 0 amide bonds. The number of nitrogens with two attached hydrogens (primary N) is 1. The molecule has 1 aromatic carbocycles. The van der Waals surface area contributed by atoms with Crippen LogP contribution in [0.5, 0.6) is 5.75 Å². The first-order chi connectivity index (χ1) is 8.04. The topological polar surface area (TPSA) is 46.2 Å². The molecular weight excluding hydrogens is 210 g/mol. The molecule has 0 aliphatic heterocycles. The van der Waals surface area contributed by atoms with Crippen LogP contribution in [0, 0.1) is 5.92 Å². The normalized spacial score (nSPS) is 19.0. The highest BCUT2D eigenvalue weighted by Crippen LogP contribution is 2.47. The van der Waals surface area contributed by atoms with E-state index in [2.05, 4.69) is 20.8 Å². The lowest BCUT2D eigenvalue weighted by atomic mass is 9.88. The highest BCUT2D eigenvalue weighted by molar-refractivity contribution is 5.55. The van der Waals surface area contributed by atoms with Crippen LogP contribution >= 0.6 is 0 Å². The highest BCUT2D eigenvalue weighted by Gasteiger charge is 2.31. The fraction of sp³-hybridized carbons (Fsp3) is 0.600. The van der Waals surface area contributed by atoms with Gasteiger partial charge in [-0.2, -0.15) is 0 Å². The molecular formula is C15H23NO. The van der Waals surface area contributed by atoms with Crippen LogP contribution in [0.3, 0.4) is 0 Å². The predicted octanol–water partition coefficient (Wildman–Crippen LogP) is 4.00. The summed E-state index contributed by atoms with van der Waals surface area (Å²) >= 11 is 0. The Morgan fingerprint density at radius 2 is 1.88 bits per heavy atom. The molecule has 0 radical (unpaired) electrons. The second-order valence-corrected chi connectivity index (χ2v) is 5.48. The number of hydrogen-bond acceptors (Lipinski definition) is 2. The van der Waals surface area contributed by atoms with Crippen molar-refractivity contribution in [1.82, 2.24) is 0 Å². The number of benzene rings is 1. The van der Waals surface area contributed by atoms with E-state index in [1.807, 2.05) is 12.1 Å². The minimum atomic E-state index is 0.364. The van der Waals surface area contributed by atoms with Crippen molar-refractivity contribution in [3.8, 4) is 5.75 Å². The van der Waals surface area contributed by atoms with Crippen molar-refractivity contribution in [3.63, 3.8) is 0 Å². The molecule has 2 heteroatoms. The number of aromatic hydroxyl groups is 1. The van der Waals surface area contributed by atoms with Gasteiger partial charge in [-0.15, -0.1) is 0 Å². The molecule has 94 valence electrons. The zero-order chi connectivity index (χ0) is 12.6. The minimum absolute atomic E-state index is 0.364. The van der Waals surface area contributed by atoms with Gasteiger partial charge in [0.2, 0.25) is 0 Å². The van der Waals surface area contributed by atoms with Crippen LogP contribution in [-0.4, -0.2) is 5.11 Å². The Hall–Kier alpha value is -1.18. The molecule has 0 saturated heterocycles. The smallest absolute Gasteiger partial charge is 0.122 e. The molecule has 0 spiro atoms. The molecule has 0 bridgehead atoms. The number of anilines is 1. The molecule has 1 aliphatic rings. The van der Waals surface area contributed by atoms with E-state index in [1.165, 1.54) is 12.8 Å². The third-order valence-corrected chi connectivity index (χ3v) is 4.15. The lowest BCUT2D eigenvalue weighted by Crippen LogP contribution is -2.02. The van der Waals surface area contributed by atoms with Gasteiger partial charge in [0.15, 0.2) is 0 Å². The SMILES string of the molecule is CCC(C)c1cc(N)cc([C@H](C)C2CC2)c1O. The highest BCUT2D eigenvalue weighted by atomic mass is 16.3. The van der Waals surface area contributed by atoms with Crippen molar-refractivity contribution in [2.45, 2.75) is 51.9 Å². The Kier molecular flexibility index (Phi) is 3.32. The van der Waals surface area contributed by atoms with E-state index in [-0.39, 0.29) is 0 Å². The predicted molar refractivity (Wildman–Crippen MR) is 72.4 cm³/mol. The fourth-order valence-electron chi connectivity index (χ4n) is 2.50. The van der Waals surface area contributed by atoms with Gasteiger partial charge in [-0.05, 0) is 60.3 Å². The number of phenols is 1. The maximum absolute atomic E-state index is 10.4. The Morgan fingerprint density at radius 3 is 2.41 bits per heavy atom. The molecule has 2 nitrogen and oxygen atoms in total. The molecule has 0 aromatic heterocycles. The van der Waals surface area contributed by atoms with Gasteiger partial charge in [0, 0.05) is 5.69 Å². The molecule has 1 saturated carbocycles. The average molecular weight is 233 g/mol. The van der Waals surface area contributed by atoms with E-state index < -0.39 is 0 Å². The molecule has 17 heavy (non-hydrogen) atoms. The van der Waals surface area contributed by atoms with Gasteiger partial charge in [-0.3, -0.25) is 0 Å². The monoisotopic (exact) mass is 233 g/mol. The van der Waals surface area contributed by atoms with E-state index in [0.29, 0.717) is 17.6 Å². The van der Waals surface area contributed by atoms with Gasteiger partial charge in [-0.25, -0.2) is 0 Å². The molecule has 1 unspecified atom stereocenters. The zero-order valence-electron chi connectivity index (χ0n) is 11.0. The molecule has 0 heterocycles. The summed E-state index contributed by atoms with van der Waals surface area (Å²) in [4.78, 5) is 0. The Bertz CT molecular complexity index is 410. The summed E-state index contributed by atoms with van der Waals surface area (Å²) in [6, 6.07) is 3.87. The first kappa shape index (κ1) is 12.3. The van der Waals surface area contributed by atoms with Crippen LogP contribution in [0.2, 0.25) is 0 Å². The standard InChI is InChI=1S/C15H23NO/c1-4-9(2)13-7-12(16)8-14(15(13)17)10(3)11-5-6-11/h7-11,17H,4-6,16H2,1-3H3/t9?,10-/m1/s1. The van der Waals surface area contributed by atoms with Gasteiger partial charge >= 0.3 is 0 Å². The lowest BCUT2D eigenvalue weighted by molar-refractivity contribution is 0.446. The number of rotatable bonds is 4. The quantitative estimate of drug-likeness (QED) is 0.610. The second kappa shape index (κ2) is 4.59. The van der Waals surface area contributed by atoms with Crippen molar-refractivity contribution in [2.24, 2.45) is 5.92 Å². The van der Waals surface area contributed by atoms with Crippen molar-refractivity contribution < 1.29 is 5.11 Å². The average Bonchev–Trinajstić information content (AvgIpc) is 3.13. The summed E-state index contributed by atoms with van der Waals surface area (Å²) < 4.78 is 0. The Labute approximate surface area is 104 Å². The van der Waals surface area contributed by atoms with Gasteiger partial charge in [0.25, 0.3) is 0 Å². The summed E-state index contributed by atoms with van der Waals surface area (Å²) in [7, 11) is 0. The lowest BCUT2D eigenvalue weighted by Gasteiger charge is -2.19. The van der Waals surface area contributed by atoms with Crippen molar-refractivity contribution in [1.29, 1.82) is 0 Å². The number of hydrogen-bond donors (Lipinski definition) is 2. The van der Waals surface area contributed by atoms with Crippen LogP contribution in [0.1, 0.15) is 63.0 Å². The Balaban J connectivity index is 2.41. The van der Waals surface area contributed by atoms with Crippen LogP contribution in [0.25, 0.3) is 0 Å². The largest absolute Gasteiger partial charge is 0.507 e. The maximum atomic E-state index is 10.4. The first-order valence-electron chi connectivity index (χ1n) is 6.66. The molecule has 2 rings (SSSR count). The summed E-state index contributed by atoms with van der Waals surface area (Å²) in [6.07, 6.45) is 3.59. The number of phenolic OH excluding ortho intramolecular Hbond substituents is 1. The number of nitrogen functional groups attached to an aromatic ring is 1. The van der Waals surface area contributed by atoms with E-state index in [1.54, 1.807) is 0 Å².